The Bertz CT molecular complexity index is 2440. The molecule has 0 aliphatic rings. The summed E-state index contributed by atoms with van der Waals surface area (Å²) in [6.45, 7) is 9.11. The first-order chi connectivity index (χ1) is 25.3. The van der Waals surface area contributed by atoms with Crippen LogP contribution in [0.25, 0.3) is 69.3 Å². The molecule has 0 amide bonds. The molecule has 0 saturated carbocycles. The lowest BCUT2D eigenvalue weighted by atomic mass is 9.93. The molecule has 0 aliphatic carbocycles. The van der Waals surface area contributed by atoms with Gasteiger partial charge in [-0.05, 0) is 73.9 Å². The molecule has 3 N–H and O–H groups in total. The normalized spacial score (nSPS) is 14.1. The highest BCUT2D eigenvalue weighted by molar-refractivity contribution is 7.40. The molecule has 0 radical (unpaired) electrons. The highest BCUT2D eigenvalue weighted by Crippen LogP contribution is 2.52. The lowest BCUT2D eigenvalue weighted by Gasteiger charge is -2.23. The molecule has 0 fully saturated rings. The largest absolute Gasteiger partial charge is 0.374 e. The van der Waals surface area contributed by atoms with Gasteiger partial charge in [0.1, 0.15) is 0 Å². The van der Waals surface area contributed by atoms with Crippen LogP contribution in [0, 0.1) is 0 Å². The molecule has 272 valence electrons. The first-order valence-electron chi connectivity index (χ1n) is 19.3. The zero-order valence-corrected chi connectivity index (χ0v) is 35.8. The number of benzene rings is 2. The van der Waals surface area contributed by atoms with Crippen molar-refractivity contribution in [1.82, 2.24) is 0 Å². The van der Waals surface area contributed by atoms with E-state index in [0.717, 1.165) is 6.42 Å². The molecule has 8 rings (SSSR count). The Labute approximate surface area is 332 Å². The van der Waals surface area contributed by atoms with Gasteiger partial charge in [-0.25, -0.2) is 0 Å². The van der Waals surface area contributed by atoms with Crippen LogP contribution in [-0.2, 0) is 5.54 Å². The number of rotatable bonds is 17. The number of hydrogen-bond donors (Lipinski definition) is 2. The quantitative estimate of drug-likeness (QED) is 0.0901. The van der Waals surface area contributed by atoms with Gasteiger partial charge in [0.05, 0.1) is 33.2 Å². The molecular formula is C44H50N2S6. The minimum Gasteiger partial charge on any atom is -0.374 e. The second-order valence-corrected chi connectivity index (χ2v) is 21.3. The lowest BCUT2D eigenvalue weighted by molar-refractivity contribution is 0.429. The van der Waals surface area contributed by atoms with Crippen molar-refractivity contribution in [3.8, 4) is 19.5 Å². The van der Waals surface area contributed by atoms with E-state index in [2.05, 4.69) is 93.7 Å². The fraction of sp³-hybridized carbons (Fsp3) is 0.409. The van der Waals surface area contributed by atoms with Crippen molar-refractivity contribution in [1.29, 1.82) is 0 Å². The SMILES string of the molecule is CCCCCCCC(C)Nc1ccc(-c2cc3ccc4c(sc5c6ccc7cc(-c8ccc(C(C)(N)CCCCCCC)s8)sc7c6sc45)c3s2)s1. The van der Waals surface area contributed by atoms with E-state index >= 15 is 0 Å². The van der Waals surface area contributed by atoms with Crippen LogP contribution in [0.3, 0.4) is 0 Å². The Morgan fingerprint density at radius 1 is 0.558 bits per heavy atom. The maximum absolute atomic E-state index is 6.89. The number of nitrogens with two attached hydrogens (primary N) is 1. The zero-order valence-electron chi connectivity index (χ0n) is 30.9. The number of anilines is 1. The smallest absolute Gasteiger partial charge is 0.0891 e. The third kappa shape index (κ3) is 7.38. The van der Waals surface area contributed by atoms with E-state index < -0.39 is 0 Å². The maximum Gasteiger partial charge on any atom is 0.0891 e. The molecule has 0 saturated heterocycles. The average Bonchev–Trinajstić information content (AvgIpc) is 3.97. The van der Waals surface area contributed by atoms with Crippen LogP contribution in [0.15, 0.2) is 60.7 Å². The summed E-state index contributed by atoms with van der Waals surface area (Å²) in [4.78, 5) is 6.74. The molecule has 2 aromatic carbocycles. The van der Waals surface area contributed by atoms with Crippen LogP contribution in [-0.4, -0.2) is 6.04 Å². The van der Waals surface area contributed by atoms with E-state index in [1.807, 2.05) is 68.0 Å². The summed E-state index contributed by atoms with van der Waals surface area (Å²) in [5, 5.41) is 10.6. The lowest BCUT2D eigenvalue weighted by Crippen LogP contribution is -2.31. The Hall–Kier alpha value is -2.30. The van der Waals surface area contributed by atoms with Crippen molar-refractivity contribution in [3.05, 3.63) is 65.5 Å². The summed E-state index contributed by atoms with van der Waals surface area (Å²) in [6, 6.07) is 23.9. The summed E-state index contributed by atoms with van der Waals surface area (Å²) in [6.07, 6.45) is 15.4. The molecule has 0 bridgehead atoms. The van der Waals surface area contributed by atoms with Crippen molar-refractivity contribution >= 4 is 123 Å². The van der Waals surface area contributed by atoms with Gasteiger partial charge in [-0.1, -0.05) is 102 Å². The van der Waals surface area contributed by atoms with Gasteiger partial charge in [-0.3, -0.25) is 0 Å². The standard InChI is InChI=1S/C44H50N2S6/c1-5-7-9-11-13-15-27(3)46-37-23-21-33(48-37)35-26-29-17-19-31-41(39(29)50-35)52-42-30-18-16-28-25-34(49-38(28)40(30)51-43(31)42)32-20-22-36(47-32)44(4,45)24-14-12-10-8-6-2/h16-23,25-27,46H,5-15,24,45H2,1-4H3. The summed E-state index contributed by atoms with van der Waals surface area (Å²) >= 11 is 11.7. The predicted octanol–water partition coefficient (Wildman–Crippen LogP) is 16.9. The molecule has 2 nitrogen and oxygen atoms in total. The Balaban J connectivity index is 1.03. The van der Waals surface area contributed by atoms with E-state index in [4.69, 9.17) is 5.73 Å². The second kappa shape index (κ2) is 15.8. The number of hydrogen-bond acceptors (Lipinski definition) is 8. The minimum atomic E-state index is -0.261. The van der Waals surface area contributed by atoms with Crippen molar-refractivity contribution in [2.24, 2.45) is 5.73 Å². The van der Waals surface area contributed by atoms with Gasteiger partial charge in [0.15, 0.2) is 0 Å². The number of nitrogens with one attached hydrogen (secondary N) is 1. The molecule has 8 heteroatoms. The summed E-state index contributed by atoms with van der Waals surface area (Å²) < 4.78 is 8.61. The Morgan fingerprint density at radius 3 is 1.71 bits per heavy atom. The third-order valence-corrected chi connectivity index (χ3v) is 18.6. The molecule has 2 atom stereocenters. The van der Waals surface area contributed by atoms with E-state index in [9.17, 15) is 0 Å². The molecule has 0 spiro atoms. The molecular weight excluding hydrogens is 749 g/mol. The summed E-state index contributed by atoms with van der Waals surface area (Å²) in [7, 11) is 0. The zero-order chi connectivity index (χ0) is 35.8. The molecule has 2 unspecified atom stereocenters. The highest BCUT2D eigenvalue weighted by atomic mass is 32.1. The van der Waals surface area contributed by atoms with E-state index in [0.29, 0.717) is 6.04 Å². The van der Waals surface area contributed by atoms with Gasteiger partial charge < -0.3 is 11.1 Å². The highest BCUT2D eigenvalue weighted by Gasteiger charge is 2.24. The first kappa shape index (κ1) is 36.7. The Morgan fingerprint density at radius 2 is 1.10 bits per heavy atom. The molecule has 6 aromatic heterocycles. The van der Waals surface area contributed by atoms with E-state index in [1.54, 1.807) is 0 Å². The second-order valence-electron chi connectivity index (χ2n) is 15.0. The van der Waals surface area contributed by atoms with E-state index in [1.165, 1.54) is 150 Å². The number of unbranched alkanes of at least 4 members (excludes halogenated alkanes) is 8. The Kier molecular flexibility index (Phi) is 11.2. The van der Waals surface area contributed by atoms with Crippen molar-refractivity contribution in [3.63, 3.8) is 0 Å². The average molecular weight is 799 g/mol. The van der Waals surface area contributed by atoms with Crippen molar-refractivity contribution in [2.75, 3.05) is 5.32 Å². The third-order valence-electron chi connectivity index (χ3n) is 10.6. The van der Waals surface area contributed by atoms with Crippen molar-refractivity contribution < 1.29 is 0 Å². The molecule has 52 heavy (non-hydrogen) atoms. The number of fused-ring (bicyclic) bond motifs is 9. The van der Waals surface area contributed by atoms with Gasteiger partial charge in [0.25, 0.3) is 0 Å². The summed E-state index contributed by atoms with van der Waals surface area (Å²) in [5.41, 5.74) is 6.63. The fourth-order valence-corrected chi connectivity index (χ4v) is 15.2. The molecule has 8 aromatic rings. The van der Waals surface area contributed by atoms with Gasteiger partial charge >= 0.3 is 0 Å². The van der Waals surface area contributed by atoms with Gasteiger partial charge in [0.2, 0.25) is 0 Å². The first-order valence-corrected chi connectivity index (χ1v) is 24.2. The maximum atomic E-state index is 6.89. The van der Waals surface area contributed by atoms with Gasteiger partial charge in [-0.2, -0.15) is 0 Å². The topological polar surface area (TPSA) is 38.0 Å². The minimum absolute atomic E-state index is 0.261. The van der Waals surface area contributed by atoms with Crippen LogP contribution >= 0.6 is 68.0 Å². The number of thiophene rings is 6. The van der Waals surface area contributed by atoms with Gasteiger partial charge in [0, 0.05) is 46.7 Å². The van der Waals surface area contributed by atoms with Crippen LogP contribution in [0.5, 0.6) is 0 Å². The van der Waals surface area contributed by atoms with Crippen LogP contribution in [0.4, 0.5) is 5.00 Å². The molecule has 6 heterocycles. The van der Waals surface area contributed by atoms with E-state index in [-0.39, 0.29) is 5.54 Å². The van der Waals surface area contributed by atoms with Crippen LogP contribution in [0.2, 0.25) is 0 Å². The van der Waals surface area contributed by atoms with Crippen LogP contribution in [0.1, 0.15) is 110 Å². The van der Waals surface area contributed by atoms with Crippen molar-refractivity contribution in [2.45, 2.75) is 116 Å². The monoisotopic (exact) mass is 798 g/mol. The van der Waals surface area contributed by atoms with Gasteiger partial charge in [-0.15, -0.1) is 68.0 Å². The summed E-state index contributed by atoms with van der Waals surface area (Å²) in [5.74, 6) is 0. The van der Waals surface area contributed by atoms with Crippen LogP contribution < -0.4 is 11.1 Å². The fourth-order valence-electron chi connectivity index (χ4n) is 7.52. The predicted molar refractivity (Wildman–Crippen MR) is 243 cm³/mol. The molecule has 0 aliphatic heterocycles.